The fraction of sp³-hybridized carbons (Fsp3) is 0.720. The summed E-state index contributed by atoms with van der Waals surface area (Å²) < 4.78 is 0. The zero-order valence-corrected chi connectivity index (χ0v) is 20.1. The van der Waals surface area contributed by atoms with Crippen LogP contribution >= 0.6 is 11.3 Å². The molecule has 3 aliphatic rings. The summed E-state index contributed by atoms with van der Waals surface area (Å²) >= 11 is 1.88. The number of nitrogens with zero attached hydrogens (tertiary/aromatic N) is 4. The van der Waals surface area contributed by atoms with E-state index in [1.807, 2.05) is 11.3 Å². The molecule has 2 fully saturated rings. The first-order chi connectivity index (χ1) is 14.9. The molecule has 2 aliphatic carbocycles. The Morgan fingerprint density at radius 2 is 1.77 bits per heavy atom. The molecule has 0 spiro atoms. The predicted octanol–water partition coefficient (Wildman–Crippen LogP) is 5.07. The number of piperazine rings is 1. The second kappa shape index (κ2) is 8.34. The second-order valence-electron chi connectivity index (χ2n) is 10.8. The predicted molar refractivity (Wildman–Crippen MR) is 128 cm³/mol. The standard InChI is InChI=1S/C25H36N4OS/c1-25(2,3)18-9-10-19-20(15-18)31-23-21(19)22(26-16-27-23)28-11-13-29(14-12-28)24(30)17-7-5-4-6-8-17/h16-18H,4-15H2,1-3H3. The van der Waals surface area contributed by atoms with Crippen molar-refractivity contribution in [3.63, 3.8) is 0 Å². The number of amides is 1. The Bertz CT molecular complexity index is 948. The summed E-state index contributed by atoms with van der Waals surface area (Å²) in [6.07, 6.45) is 11.2. The van der Waals surface area contributed by atoms with Crippen molar-refractivity contribution in [2.24, 2.45) is 17.3 Å². The van der Waals surface area contributed by atoms with Gasteiger partial charge >= 0.3 is 0 Å². The van der Waals surface area contributed by atoms with Crippen LogP contribution in [-0.4, -0.2) is 47.0 Å². The zero-order chi connectivity index (χ0) is 21.6. The van der Waals surface area contributed by atoms with Crippen molar-refractivity contribution in [3.05, 3.63) is 16.8 Å². The maximum atomic E-state index is 13.0. The van der Waals surface area contributed by atoms with Crippen LogP contribution in [0.3, 0.4) is 0 Å². The van der Waals surface area contributed by atoms with E-state index in [4.69, 9.17) is 4.98 Å². The number of rotatable bonds is 2. The van der Waals surface area contributed by atoms with Crippen molar-refractivity contribution >= 4 is 33.3 Å². The molecule has 168 valence electrons. The van der Waals surface area contributed by atoms with E-state index in [-0.39, 0.29) is 5.92 Å². The first-order valence-corrected chi connectivity index (χ1v) is 13.0. The van der Waals surface area contributed by atoms with Crippen LogP contribution in [0, 0.1) is 17.3 Å². The molecule has 1 atom stereocenters. The average molecular weight is 441 g/mol. The van der Waals surface area contributed by atoms with Gasteiger partial charge in [0.15, 0.2) is 0 Å². The highest BCUT2D eigenvalue weighted by Crippen LogP contribution is 2.44. The average Bonchev–Trinajstić information content (AvgIpc) is 3.17. The summed E-state index contributed by atoms with van der Waals surface area (Å²) in [5.41, 5.74) is 1.85. The normalized spacial score (nSPS) is 23.3. The lowest BCUT2D eigenvalue weighted by Crippen LogP contribution is -2.50. The lowest BCUT2D eigenvalue weighted by atomic mass is 9.72. The van der Waals surface area contributed by atoms with Crippen LogP contribution < -0.4 is 4.90 Å². The summed E-state index contributed by atoms with van der Waals surface area (Å²) in [6.45, 7) is 10.5. The third kappa shape index (κ3) is 4.08. The molecule has 31 heavy (non-hydrogen) atoms. The van der Waals surface area contributed by atoms with E-state index in [0.717, 1.165) is 62.0 Å². The first-order valence-electron chi connectivity index (χ1n) is 12.2. The van der Waals surface area contributed by atoms with Gasteiger partial charge in [0.2, 0.25) is 5.91 Å². The summed E-state index contributed by atoms with van der Waals surface area (Å²) in [7, 11) is 0. The van der Waals surface area contributed by atoms with Crippen molar-refractivity contribution < 1.29 is 4.79 Å². The molecular weight excluding hydrogens is 404 g/mol. The number of fused-ring (bicyclic) bond motifs is 3. The molecule has 0 N–H and O–H groups in total. The summed E-state index contributed by atoms with van der Waals surface area (Å²) in [6, 6.07) is 0. The topological polar surface area (TPSA) is 49.3 Å². The van der Waals surface area contributed by atoms with Gasteiger partial charge in [0, 0.05) is 37.0 Å². The number of aryl methyl sites for hydroxylation is 1. The molecule has 1 aliphatic heterocycles. The largest absolute Gasteiger partial charge is 0.352 e. The summed E-state index contributed by atoms with van der Waals surface area (Å²) in [4.78, 5) is 29.5. The number of hydrogen-bond donors (Lipinski definition) is 0. The number of thiophene rings is 1. The smallest absolute Gasteiger partial charge is 0.225 e. The molecule has 5 rings (SSSR count). The van der Waals surface area contributed by atoms with Gasteiger partial charge in [-0.2, -0.15) is 0 Å². The monoisotopic (exact) mass is 440 g/mol. The number of anilines is 1. The minimum absolute atomic E-state index is 0.269. The van der Waals surface area contributed by atoms with Crippen LogP contribution in [0.1, 0.15) is 69.7 Å². The van der Waals surface area contributed by atoms with Gasteiger partial charge < -0.3 is 9.80 Å². The number of aromatic nitrogens is 2. The van der Waals surface area contributed by atoms with Gasteiger partial charge in [-0.05, 0) is 49.0 Å². The van der Waals surface area contributed by atoms with Crippen LogP contribution in [0.2, 0.25) is 0 Å². The lowest BCUT2D eigenvalue weighted by Gasteiger charge is -2.38. The minimum Gasteiger partial charge on any atom is -0.352 e. The molecule has 1 amide bonds. The molecule has 2 aromatic heterocycles. The molecule has 1 saturated carbocycles. The van der Waals surface area contributed by atoms with Gasteiger partial charge in [-0.15, -0.1) is 11.3 Å². The number of carbonyl (C=O) groups excluding carboxylic acids is 1. The van der Waals surface area contributed by atoms with E-state index >= 15 is 0 Å². The van der Waals surface area contributed by atoms with Gasteiger partial charge in [-0.25, -0.2) is 9.97 Å². The fourth-order valence-electron chi connectivity index (χ4n) is 5.82. The Morgan fingerprint density at radius 3 is 2.48 bits per heavy atom. The summed E-state index contributed by atoms with van der Waals surface area (Å²) in [5.74, 6) is 2.50. The summed E-state index contributed by atoms with van der Waals surface area (Å²) in [5, 5.41) is 1.29. The van der Waals surface area contributed by atoms with E-state index < -0.39 is 0 Å². The van der Waals surface area contributed by atoms with E-state index in [1.165, 1.54) is 47.9 Å². The van der Waals surface area contributed by atoms with Gasteiger partial charge in [0.1, 0.15) is 17.0 Å². The minimum atomic E-state index is 0.269. The van der Waals surface area contributed by atoms with E-state index in [0.29, 0.717) is 11.3 Å². The highest BCUT2D eigenvalue weighted by atomic mass is 32.1. The molecule has 0 aromatic carbocycles. The molecule has 2 aromatic rings. The van der Waals surface area contributed by atoms with Crippen LogP contribution in [0.4, 0.5) is 5.82 Å². The van der Waals surface area contributed by atoms with Crippen LogP contribution in [0.5, 0.6) is 0 Å². The molecule has 6 heteroatoms. The van der Waals surface area contributed by atoms with Crippen molar-refractivity contribution in [2.45, 2.75) is 72.1 Å². The fourth-order valence-corrected chi connectivity index (χ4v) is 7.08. The van der Waals surface area contributed by atoms with Crippen LogP contribution in [0.15, 0.2) is 6.33 Å². The molecular formula is C25H36N4OS. The molecule has 0 bridgehead atoms. The second-order valence-corrected chi connectivity index (χ2v) is 11.9. The number of hydrogen-bond acceptors (Lipinski definition) is 5. The molecule has 0 radical (unpaired) electrons. The van der Waals surface area contributed by atoms with E-state index in [9.17, 15) is 4.79 Å². The first kappa shape index (κ1) is 21.2. The molecule has 1 saturated heterocycles. The molecule has 3 heterocycles. The highest BCUT2D eigenvalue weighted by Gasteiger charge is 2.33. The maximum Gasteiger partial charge on any atom is 0.225 e. The van der Waals surface area contributed by atoms with Gasteiger partial charge in [0.25, 0.3) is 0 Å². The third-order valence-electron chi connectivity index (χ3n) is 7.90. The van der Waals surface area contributed by atoms with Crippen molar-refractivity contribution in [1.29, 1.82) is 0 Å². The van der Waals surface area contributed by atoms with Crippen LogP contribution in [-0.2, 0) is 17.6 Å². The van der Waals surface area contributed by atoms with Crippen molar-refractivity contribution in [3.8, 4) is 0 Å². The van der Waals surface area contributed by atoms with E-state index in [1.54, 1.807) is 6.33 Å². The van der Waals surface area contributed by atoms with Crippen molar-refractivity contribution in [2.75, 3.05) is 31.1 Å². The quantitative estimate of drug-likeness (QED) is 0.654. The Balaban J connectivity index is 1.34. The van der Waals surface area contributed by atoms with Crippen LogP contribution in [0.25, 0.3) is 10.2 Å². The van der Waals surface area contributed by atoms with Gasteiger partial charge in [0.05, 0.1) is 5.39 Å². The van der Waals surface area contributed by atoms with Crippen molar-refractivity contribution in [1.82, 2.24) is 14.9 Å². The van der Waals surface area contributed by atoms with Gasteiger partial charge in [-0.3, -0.25) is 4.79 Å². The Labute approximate surface area is 190 Å². The lowest BCUT2D eigenvalue weighted by molar-refractivity contribution is -0.136. The van der Waals surface area contributed by atoms with E-state index in [2.05, 4.69) is 35.6 Å². The zero-order valence-electron chi connectivity index (χ0n) is 19.3. The highest BCUT2D eigenvalue weighted by molar-refractivity contribution is 7.19. The van der Waals surface area contributed by atoms with Gasteiger partial charge in [-0.1, -0.05) is 40.0 Å². The maximum absolute atomic E-state index is 13.0. The SMILES string of the molecule is CC(C)(C)C1CCc2c(sc3ncnc(N4CCN(C(=O)C5CCCCC5)CC4)c23)C1. The molecule has 1 unspecified atom stereocenters. The Hall–Kier alpha value is -1.69. The Morgan fingerprint density at radius 1 is 1.03 bits per heavy atom. The molecule has 5 nitrogen and oxygen atoms in total. The third-order valence-corrected chi connectivity index (χ3v) is 9.06. The Kier molecular flexibility index (Phi) is 5.70. The number of carbonyl (C=O) groups is 1.